The van der Waals surface area contributed by atoms with E-state index < -0.39 is 0 Å². The number of likely N-dealkylation sites (N-methyl/N-ethyl adjacent to an activating group) is 1. The van der Waals surface area contributed by atoms with E-state index in [-0.39, 0.29) is 18.5 Å². The summed E-state index contributed by atoms with van der Waals surface area (Å²) < 4.78 is 5.85. The second-order valence-electron chi connectivity index (χ2n) is 4.76. The molecule has 0 unspecified atom stereocenters. The summed E-state index contributed by atoms with van der Waals surface area (Å²) in [5.74, 6) is 0. The highest BCUT2D eigenvalue weighted by molar-refractivity contribution is 5.85. The number of fused-ring (bicyclic) bond motifs is 1. The van der Waals surface area contributed by atoms with Gasteiger partial charge >= 0.3 is 0 Å². The number of benzene rings is 1. The molecule has 1 aromatic carbocycles. The van der Waals surface area contributed by atoms with Gasteiger partial charge in [-0.25, -0.2) is 0 Å². The van der Waals surface area contributed by atoms with Crippen molar-refractivity contribution in [2.45, 2.75) is 12.5 Å². The molecule has 106 valence electrons. The van der Waals surface area contributed by atoms with Gasteiger partial charge in [-0.1, -0.05) is 24.3 Å². The molecular weight excluding hydrogens is 272 g/mol. The molecule has 3 rings (SSSR count). The molecule has 2 heterocycles. The van der Waals surface area contributed by atoms with Crippen LogP contribution in [-0.2, 0) is 11.2 Å². The Morgan fingerprint density at radius 3 is 2.90 bits per heavy atom. The van der Waals surface area contributed by atoms with Gasteiger partial charge in [-0.2, -0.15) is 0 Å². The monoisotopic (exact) mass is 290 g/mol. The fourth-order valence-electron chi connectivity index (χ4n) is 2.69. The molecular formula is C16H19ClN2O. The van der Waals surface area contributed by atoms with E-state index in [4.69, 9.17) is 4.74 Å². The van der Waals surface area contributed by atoms with Crippen LogP contribution in [0.2, 0.25) is 0 Å². The van der Waals surface area contributed by atoms with Crippen LogP contribution >= 0.6 is 12.4 Å². The lowest BCUT2D eigenvalue weighted by molar-refractivity contribution is 0.0440. The number of hydrogen-bond acceptors (Lipinski definition) is 3. The van der Waals surface area contributed by atoms with Crippen LogP contribution in [0, 0.1) is 0 Å². The standard InChI is InChI=1S/C16H18N2O.ClH/c1-17-11-16-14-6-4-5-13(12(14)8-10-19-16)15-7-2-3-9-18-15;/h2-7,9,16-17H,8,10-11H2,1H3;1H/t16-;/m1./s1. The molecule has 1 aliphatic rings. The van der Waals surface area contributed by atoms with Crippen LogP contribution in [0.15, 0.2) is 42.6 Å². The summed E-state index contributed by atoms with van der Waals surface area (Å²) in [6, 6.07) is 12.5. The number of halogens is 1. The van der Waals surface area contributed by atoms with E-state index in [1.807, 2.05) is 25.4 Å². The topological polar surface area (TPSA) is 34.1 Å². The van der Waals surface area contributed by atoms with Gasteiger partial charge in [-0.05, 0) is 36.7 Å². The zero-order valence-electron chi connectivity index (χ0n) is 11.5. The van der Waals surface area contributed by atoms with E-state index in [0.29, 0.717) is 0 Å². The minimum absolute atomic E-state index is 0. The number of ether oxygens (including phenoxy) is 1. The largest absolute Gasteiger partial charge is 0.372 e. The first-order chi connectivity index (χ1) is 9.40. The summed E-state index contributed by atoms with van der Waals surface area (Å²) in [5.41, 5.74) is 4.96. The molecule has 0 bridgehead atoms. The Bertz CT molecular complexity index is 560. The van der Waals surface area contributed by atoms with Crippen molar-refractivity contribution in [2.24, 2.45) is 0 Å². The Labute approximate surface area is 125 Å². The highest BCUT2D eigenvalue weighted by Gasteiger charge is 2.22. The van der Waals surface area contributed by atoms with E-state index in [9.17, 15) is 0 Å². The van der Waals surface area contributed by atoms with Crippen molar-refractivity contribution >= 4 is 12.4 Å². The van der Waals surface area contributed by atoms with Gasteiger partial charge in [0.2, 0.25) is 0 Å². The molecule has 0 amide bonds. The van der Waals surface area contributed by atoms with Gasteiger partial charge in [-0.15, -0.1) is 12.4 Å². The average molecular weight is 291 g/mol. The maximum atomic E-state index is 5.85. The van der Waals surface area contributed by atoms with Crippen molar-refractivity contribution in [1.29, 1.82) is 0 Å². The smallest absolute Gasteiger partial charge is 0.0952 e. The molecule has 20 heavy (non-hydrogen) atoms. The molecule has 0 spiro atoms. The first-order valence-electron chi connectivity index (χ1n) is 6.69. The Morgan fingerprint density at radius 2 is 2.15 bits per heavy atom. The minimum Gasteiger partial charge on any atom is -0.372 e. The van der Waals surface area contributed by atoms with E-state index in [1.54, 1.807) is 0 Å². The Kier molecular flexibility index (Phi) is 5.12. The number of pyridine rings is 1. The zero-order valence-corrected chi connectivity index (χ0v) is 12.3. The summed E-state index contributed by atoms with van der Waals surface area (Å²) in [6.07, 6.45) is 2.96. The van der Waals surface area contributed by atoms with Crippen molar-refractivity contribution in [3.8, 4) is 11.3 Å². The van der Waals surface area contributed by atoms with Gasteiger partial charge in [-0.3, -0.25) is 4.98 Å². The Morgan fingerprint density at radius 1 is 1.25 bits per heavy atom. The van der Waals surface area contributed by atoms with E-state index in [2.05, 4.69) is 34.6 Å². The summed E-state index contributed by atoms with van der Waals surface area (Å²) >= 11 is 0. The first-order valence-corrected chi connectivity index (χ1v) is 6.69. The number of rotatable bonds is 3. The second kappa shape index (κ2) is 6.84. The normalized spacial score (nSPS) is 17.1. The molecule has 0 fully saturated rings. The fraction of sp³-hybridized carbons (Fsp3) is 0.312. The summed E-state index contributed by atoms with van der Waals surface area (Å²) in [4.78, 5) is 4.47. The molecule has 1 aromatic heterocycles. The predicted octanol–water partition coefficient (Wildman–Crippen LogP) is 3.00. The van der Waals surface area contributed by atoms with Gasteiger partial charge in [0, 0.05) is 18.3 Å². The van der Waals surface area contributed by atoms with E-state index in [0.717, 1.165) is 25.3 Å². The third-order valence-electron chi connectivity index (χ3n) is 3.56. The summed E-state index contributed by atoms with van der Waals surface area (Å²) in [7, 11) is 1.96. The van der Waals surface area contributed by atoms with Gasteiger partial charge in [0.05, 0.1) is 18.4 Å². The molecule has 1 aliphatic heterocycles. The predicted molar refractivity (Wildman–Crippen MR) is 83.2 cm³/mol. The van der Waals surface area contributed by atoms with Crippen LogP contribution < -0.4 is 5.32 Å². The lowest BCUT2D eigenvalue weighted by atomic mass is 9.91. The molecule has 4 heteroatoms. The highest BCUT2D eigenvalue weighted by atomic mass is 35.5. The average Bonchev–Trinajstić information content (AvgIpc) is 2.48. The first kappa shape index (κ1) is 15.0. The Balaban J connectivity index is 0.00000147. The van der Waals surface area contributed by atoms with Crippen LogP contribution in [0.1, 0.15) is 17.2 Å². The number of hydrogen-bond donors (Lipinski definition) is 1. The lowest BCUT2D eigenvalue weighted by Gasteiger charge is -2.27. The molecule has 3 nitrogen and oxygen atoms in total. The van der Waals surface area contributed by atoms with E-state index >= 15 is 0 Å². The van der Waals surface area contributed by atoms with Gasteiger partial charge in [0.1, 0.15) is 0 Å². The fourth-order valence-corrected chi connectivity index (χ4v) is 2.69. The minimum atomic E-state index is 0. The lowest BCUT2D eigenvalue weighted by Crippen LogP contribution is -2.25. The molecule has 0 radical (unpaired) electrons. The maximum Gasteiger partial charge on any atom is 0.0952 e. The quantitative estimate of drug-likeness (QED) is 0.943. The second-order valence-corrected chi connectivity index (χ2v) is 4.76. The van der Waals surface area contributed by atoms with Crippen LogP contribution in [0.5, 0.6) is 0 Å². The van der Waals surface area contributed by atoms with E-state index in [1.165, 1.54) is 16.7 Å². The SMILES string of the molecule is CNC[C@H]1OCCc2c(-c3ccccn3)cccc21.Cl. The Hall–Kier alpha value is -1.42. The van der Waals surface area contributed by atoms with Gasteiger partial charge in [0.15, 0.2) is 0 Å². The van der Waals surface area contributed by atoms with Crippen LogP contribution in [-0.4, -0.2) is 25.2 Å². The molecule has 1 N–H and O–H groups in total. The van der Waals surface area contributed by atoms with Crippen LogP contribution in [0.3, 0.4) is 0 Å². The summed E-state index contributed by atoms with van der Waals surface area (Å²) in [6.45, 7) is 1.63. The molecule has 0 saturated heterocycles. The number of nitrogens with zero attached hydrogens (tertiary/aromatic N) is 1. The van der Waals surface area contributed by atoms with Crippen molar-refractivity contribution in [3.63, 3.8) is 0 Å². The van der Waals surface area contributed by atoms with Crippen LogP contribution in [0.4, 0.5) is 0 Å². The van der Waals surface area contributed by atoms with Gasteiger partial charge < -0.3 is 10.1 Å². The molecule has 1 atom stereocenters. The molecule has 0 saturated carbocycles. The van der Waals surface area contributed by atoms with Crippen molar-refractivity contribution in [3.05, 3.63) is 53.7 Å². The third kappa shape index (κ3) is 2.85. The molecule has 2 aromatic rings. The van der Waals surface area contributed by atoms with Crippen molar-refractivity contribution < 1.29 is 4.74 Å². The van der Waals surface area contributed by atoms with Crippen molar-refractivity contribution in [1.82, 2.24) is 10.3 Å². The van der Waals surface area contributed by atoms with Crippen molar-refractivity contribution in [2.75, 3.05) is 20.2 Å². The van der Waals surface area contributed by atoms with Gasteiger partial charge in [0.25, 0.3) is 0 Å². The maximum absolute atomic E-state index is 5.85. The van der Waals surface area contributed by atoms with Crippen LogP contribution in [0.25, 0.3) is 11.3 Å². The number of aromatic nitrogens is 1. The molecule has 0 aliphatic carbocycles. The zero-order chi connectivity index (χ0) is 13.1. The third-order valence-corrected chi connectivity index (χ3v) is 3.56. The highest BCUT2D eigenvalue weighted by Crippen LogP contribution is 2.33. The summed E-state index contributed by atoms with van der Waals surface area (Å²) in [5, 5.41) is 3.20. The number of nitrogens with one attached hydrogen (secondary N) is 1.